The molecule has 0 atom stereocenters. The maximum absolute atomic E-state index is 13.5. The highest BCUT2D eigenvalue weighted by atomic mass is 32.1. The van der Waals surface area contributed by atoms with Crippen LogP contribution >= 0.6 is 11.3 Å². The van der Waals surface area contributed by atoms with Crippen molar-refractivity contribution < 1.29 is 19.0 Å². The first-order valence-electron chi connectivity index (χ1n) is 7.58. The predicted octanol–water partition coefficient (Wildman–Crippen LogP) is 5.24. The summed E-state index contributed by atoms with van der Waals surface area (Å²) in [6.45, 7) is 3.54. The number of ether oxygens (including phenoxy) is 1. The van der Waals surface area contributed by atoms with Crippen molar-refractivity contribution in [2.45, 2.75) is 13.8 Å². The third-order valence-corrected chi connectivity index (χ3v) is 4.31. The largest absolute Gasteiger partial charge is 0.507 e. The van der Waals surface area contributed by atoms with Crippen LogP contribution in [0.3, 0.4) is 0 Å². The number of thiazole rings is 1. The van der Waals surface area contributed by atoms with Crippen LogP contribution in [-0.4, -0.2) is 16.1 Å². The van der Waals surface area contributed by atoms with Gasteiger partial charge in [0.15, 0.2) is 16.6 Å². The van der Waals surface area contributed by atoms with E-state index in [1.807, 2.05) is 0 Å². The van der Waals surface area contributed by atoms with E-state index in [0.717, 1.165) is 11.3 Å². The van der Waals surface area contributed by atoms with Gasteiger partial charge in [-0.05, 0) is 49.2 Å². The van der Waals surface area contributed by atoms with E-state index in [1.54, 1.807) is 32.0 Å². The smallest absolute Gasteiger partial charge is 0.373 e. The van der Waals surface area contributed by atoms with Crippen molar-refractivity contribution in [3.63, 3.8) is 0 Å². The minimum Gasteiger partial charge on any atom is -0.507 e. The molecule has 0 radical (unpaired) electrons. The fraction of sp³-hybridized carbons (Fsp3) is 0.111. The van der Waals surface area contributed by atoms with Crippen LogP contribution in [0.4, 0.5) is 15.1 Å². The first kappa shape index (κ1) is 17.7. The maximum atomic E-state index is 13.5. The maximum Gasteiger partial charge on any atom is 0.373 e. The molecular formula is C18H14FN3O3S. The van der Waals surface area contributed by atoms with Gasteiger partial charge in [0, 0.05) is 0 Å². The van der Waals surface area contributed by atoms with Crippen LogP contribution in [0.5, 0.6) is 11.5 Å². The van der Waals surface area contributed by atoms with Gasteiger partial charge in [0.25, 0.3) is 0 Å². The number of para-hydroxylation sites is 1. The summed E-state index contributed by atoms with van der Waals surface area (Å²) >= 11 is 0.979. The lowest BCUT2D eigenvalue weighted by Gasteiger charge is -2.03. The van der Waals surface area contributed by atoms with Crippen LogP contribution in [0, 0.1) is 19.7 Å². The molecule has 0 amide bonds. The number of carbonyl (C=O) groups is 1. The number of rotatable bonds is 4. The van der Waals surface area contributed by atoms with E-state index in [9.17, 15) is 14.3 Å². The molecule has 8 heteroatoms. The second kappa shape index (κ2) is 7.40. The number of hydrogen-bond donors (Lipinski definition) is 1. The lowest BCUT2D eigenvalue weighted by Crippen LogP contribution is -2.08. The van der Waals surface area contributed by atoms with Gasteiger partial charge in [-0.15, -0.1) is 10.2 Å². The summed E-state index contributed by atoms with van der Waals surface area (Å²) in [7, 11) is 0. The molecule has 0 unspecified atom stereocenters. The molecule has 0 saturated carbocycles. The number of azo groups is 1. The Labute approximate surface area is 152 Å². The molecule has 0 aliphatic carbocycles. The van der Waals surface area contributed by atoms with E-state index in [2.05, 4.69) is 15.2 Å². The molecule has 0 saturated heterocycles. The fourth-order valence-corrected chi connectivity index (χ4v) is 2.79. The Balaban J connectivity index is 1.73. The molecule has 26 heavy (non-hydrogen) atoms. The van der Waals surface area contributed by atoms with E-state index in [-0.39, 0.29) is 16.5 Å². The Morgan fingerprint density at radius 3 is 2.58 bits per heavy atom. The molecule has 3 rings (SSSR count). The zero-order valence-corrected chi connectivity index (χ0v) is 14.7. The molecule has 132 valence electrons. The summed E-state index contributed by atoms with van der Waals surface area (Å²) in [6, 6.07) is 9.01. The van der Waals surface area contributed by atoms with Crippen molar-refractivity contribution in [3.8, 4) is 11.5 Å². The molecule has 0 bridgehead atoms. The van der Waals surface area contributed by atoms with Crippen LogP contribution in [0.1, 0.15) is 20.9 Å². The Bertz CT molecular complexity index is 978. The van der Waals surface area contributed by atoms with Crippen LogP contribution in [0.15, 0.2) is 52.8 Å². The van der Waals surface area contributed by atoms with Crippen LogP contribution in [0.25, 0.3) is 0 Å². The van der Waals surface area contributed by atoms with Gasteiger partial charge in [-0.2, -0.15) is 0 Å². The summed E-state index contributed by atoms with van der Waals surface area (Å²) < 4.78 is 18.5. The number of halogens is 1. The number of aryl methyl sites for hydroxylation is 2. The third kappa shape index (κ3) is 3.92. The van der Waals surface area contributed by atoms with Crippen molar-refractivity contribution in [1.82, 2.24) is 4.98 Å². The molecular weight excluding hydrogens is 357 g/mol. The average molecular weight is 371 g/mol. The monoisotopic (exact) mass is 371 g/mol. The Kier molecular flexibility index (Phi) is 5.04. The summed E-state index contributed by atoms with van der Waals surface area (Å²) in [5, 5.41) is 18.3. The number of aromatic hydroxyl groups is 1. The second-order valence-electron chi connectivity index (χ2n) is 5.45. The lowest BCUT2D eigenvalue weighted by molar-refractivity contribution is 0.0727. The van der Waals surface area contributed by atoms with E-state index < -0.39 is 11.8 Å². The quantitative estimate of drug-likeness (QED) is 0.386. The summed E-state index contributed by atoms with van der Waals surface area (Å²) in [4.78, 5) is 16.0. The number of hydrogen-bond acceptors (Lipinski definition) is 7. The molecule has 1 aromatic heterocycles. The summed E-state index contributed by atoms with van der Waals surface area (Å²) in [5.41, 5.74) is 1.96. The SMILES string of the molecule is Cc1cc(/N=N/c2cnc(C(=O)Oc3ccccc3F)s2)cc(C)c1O. The van der Waals surface area contributed by atoms with Gasteiger partial charge in [-0.1, -0.05) is 23.5 Å². The third-order valence-electron chi connectivity index (χ3n) is 3.45. The Morgan fingerprint density at radius 2 is 1.88 bits per heavy atom. The highest BCUT2D eigenvalue weighted by molar-refractivity contribution is 7.17. The molecule has 0 spiro atoms. The lowest BCUT2D eigenvalue weighted by atomic mass is 10.1. The molecule has 2 aromatic carbocycles. The number of aromatic nitrogens is 1. The van der Waals surface area contributed by atoms with Crippen LogP contribution in [-0.2, 0) is 0 Å². The molecule has 1 heterocycles. The van der Waals surface area contributed by atoms with Crippen molar-refractivity contribution >= 4 is 28.0 Å². The number of carbonyl (C=O) groups excluding carboxylic acids is 1. The van der Waals surface area contributed by atoms with Crippen molar-refractivity contribution in [2.24, 2.45) is 10.2 Å². The number of esters is 1. The van der Waals surface area contributed by atoms with E-state index >= 15 is 0 Å². The van der Waals surface area contributed by atoms with Crippen molar-refractivity contribution in [3.05, 3.63) is 64.5 Å². The summed E-state index contributed by atoms with van der Waals surface area (Å²) in [5.74, 6) is -1.33. The normalized spacial score (nSPS) is 11.0. The van der Waals surface area contributed by atoms with Gasteiger partial charge in [0.1, 0.15) is 5.75 Å². The number of phenolic OH excluding ortho intramolecular Hbond substituents is 1. The number of benzene rings is 2. The molecule has 6 nitrogen and oxygen atoms in total. The van der Waals surface area contributed by atoms with Gasteiger partial charge < -0.3 is 9.84 Å². The predicted molar refractivity (Wildman–Crippen MR) is 95.2 cm³/mol. The second-order valence-corrected chi connectivity index (χ2v) is 6.46. The van der Waals surface area contributed by atoms with E-state index in [4.69, 9.17) is 4.74 Å². The van der Waals surface area contributed by atoms with Gasteiger partial charge in [0.2, 0.25) is 5.01 Å². The van der Waals surface area contributed by atoms with Crippen molar-refractivity contribution in [1.29, 1.82) is 0 Å². The Morgan fingerprint density at radius 1 is 1.19 bits per heavy atom. The van der Waals surface area contributed by atoms with Crippen molar-refractivity contribution in [2.75, 3.05) is 0 Å². The van der Waals surface area contributed by atoms with E-state index in [0.29, 0.717) is 21.8 Å². The molecule has 0 aliphatic heterocycles. The minimum atomic E-state index is -0.766. The average Bonchev–Trinajstić information content (AvgIpc) is 3.09. The molecule has 1 N–H and O–H groups in total. The van der Waals surface area contributed by atoms with Gasteiger partial charge in [-0.25, -0.2) is 14.2 Å². The van der Waals surface area contributed by atoms with Crippen LogP contribution < -0.4 is 4.74 Å². The fourth-order valence-electron chi connectivity index (χ4n) is 2.18. The van der Waals surface area contributed by atoms with E-state index in [1.165, 1.54) is 24.4 Å². The zero-order valence-electron chi connectivity index (χ0n) is 13.9. The first-order valence-corrected chi connectivity index (χ1v) is 8.40. The zero-order chi connectivity index (χ0) is 18.7. The first-order chi connectivity index (χ1) is 12.4. The number of nitrogens with zero attached hydrogens (tertiary/aromatic N) is 3. The topological polar surface area (TPSA) is 84.1 Å². The minimum absolute atomic E-state index is 0.0419. The molecule has 0 aliphatic rings. The summed E-state index contributed by atoms with van der Waals surface area (Å²) in [6.07, 6.45) is 1.38. The highest BCUT2D eigenvalue weighted by Crippen LogP contribution is 2.30. The van der Waals surface area contributed by atoms with Gasteiger partial charge in [0.05, 0.1) is 11.9 Å². The van der Waals surface area contributed by atoms with Gasteiger partial charge >= 0.3 is 5.97 Å². The van der Waals surface area contributed by atoms with Crippen LogP contribution in [0.2, 0.25) is 0 Å². The standard InChI is InChI=1S/C18H14FN3O3S/c1-10-7-12(8-11(2)16(10)23)21-22-15-9-20-17(26-15)18(24)25-14-6-4-3-5-13(14)19/h3-9,23H,1-2H3/b22-21+. The molecule has 0 fully saturated rings. The number of phenols is 1. The van der Waals surface area contributed by atoms with Gasteiger partial charge in [-0.3, -0.25) is 0 Å². The highest BCUT2D eigenvalue weighted by Gasteiger charge is 2.15. The molecule has 3 aromatic rings. The Hall–Kier alpha value is -3.13.